The van der Waals surface area contributed by atoms with E-state index in [1.165, 1.54) is 39.2 Å². The summed E-state index contributed by atoms with van der Waals surface area (Å²) >= 11 is 13.5. The molecule has 0 bridgehead atoms. The number of carbonyl (C=O) groups is 1. The molecule has 2 N–H and O–H groups in total. The van der Waals surface area contributed by atoms with E-state index in [0.717, 1.165) is 17.5 Å². The highest BCUT2D eigenvalue weighted by Crippen LogP contribution is 2.27. The fourth-order valence-corrected chi connectivity index (χ4v) is 4.25. The smallest absolute Gasteiger partial charge is 0.337 e. The molecular weight excluding hydrogens is 364 g/mol. The summed E-state index contributed by atoms with van der Waals surface area (Å²) in [5, 5.41) is 8.03. The number of esters is 1. The van der Waals surface area contributed by atoms with Gasteiger partial charge in [0.2, 0.25) is 0 Å². The summed E-state index contributed by atoms with van der Waals surface area (Å²) < 4.78 is 4.71. The van der Waals surface area contributed by atoms with Crippen LogP contribution in [0.3, 0.4) is 0 Å². The number of carbonyl (C=O) groups excluding carboxylic acids is 1. The highest BCUT2D eigenvalue weighted by molar-refractivity contribution is 7.99. The molecule has 24 heavy (non-hydrogen) atoms. The molecule has 0 heterocycles. The van der Waals surface area contributed by atoms with Crippen LogP contribution in [0.5, 0.6) is 0 Å². The number of anilines is 1. The van der Waals surface area contributed by atoms with Gasteiger partial charge in [-0.15, -0.1) is 0 Å². The number of benzene rings is 1. The normalized spacial score (nSPS) is 14.9. The summed E-state index contributed by atoms with van der Waals surface area (Å²) in [6.07, 6.45) is 6.78. The molecule has 0 aliphatic heterocycles. The second-order valence-electron chi connectivity index (χ2n) is 5.70. The Morgan fingerprint density at radius 3 is 2.83 bits per heavy atom. The van der Waals surface area contributed by atoms with Crippen LogP contribution in [0.15, 0.2) is 18.2 Å². The van der Waals surface area contributed by atoms with Crippen molar-refractivity contribution >= 4 is 52.3 Å². The highest BCUT2D eigenvalue weighted by Gasteiger charge is 2.13. The Morgan fingerprint density at radius 2 is 2.12 bits per heavy atom. The number of thiocarbonyl (C=S) groups is 1. The van der Waals surface area contributed by atoms with Crippen molar-refractivity contribution in [1.82, 2.24) is 5.32 Å². The van der Waals surface area contributed by atoms with E-state index >= 15 is 0 Å². The lowest BCUT2D eigenvalue weighted by atomic mass is 10.0. The first kappa shape index (κ1) is 19.3. The van der Waals surface area contributed by atoms with E-state index in [1.54, 1.807) is 18.2 Å². The topological polar surface area (TPSA) is 50.4 Å². The lowest BCUT2D eigenvalue weighted by Crippen LogP contribution is -2.30. The van der Waals surface area contributed by atoms with E-state index in [9.17, 15) is 4.79 Å². The molecule has 2 rings (SSSR count). The van der Waals surface area contributed by atoms with E-state index in [0.29, 0.717) is 21.4 Å². The third-order valence-corrected chi connectivity index (χ3v) is 5.89. The van der Waals surface area contributed by atoms with Crippen LogP contribution < -0.4 is 10.6 Å². The molecule has 1 saturated carbocycles. The van der Waals surface area contributed by atoms with Gasteiger partial charge in [-0.25, -0.2) is 4.79 Å². The number of methoxy groups -OCH3 is 1. The molecular formula is C17H23ClN2O2S2. The second kappa shape index (κ2) is 10.1. The van der Waals surface area contributed by atoms with Crippen LogP contribution in [-0.4, -0.2) is 35.7 Å². The van der Waals surface area contributed by atoms with Crippen molar-refractivity contribution < 1.29 is 9.53 Å². The molecule has 0 saturated heterocycles. The van der Waals surface area contributed by atoms with Crippen LogP contribution in [-0.2, 0) is 4.74 Å². The number of ether oxygens (including phenoxy) is 1. The van der Waals surface area contributed by atoms with Crippen molar-refractivity contribution in [2.24, 2.45) is 0 Å². The second-order valence-corrected chi connectivity index (χ2v) is 7.92. The fourth-order valence-electron chi connectivity index (χ4n) is 2.65. The van der Waals surface area contributed by atoms with Crippen LogP contribution in [0.4, 0.5) is 5.69 Å². The molecule has 1 fully saturated rings. The van der Waals surface area contributed by atoms with Gasteiger partial charge >= 0.3 is 5.97 Å². The Kier molecular flexibility index (Phi) is 8.15. The van der Waals surface area contributed by atoms with Gasteiger partial charge in [-0.05, 0) is 43.3 Å². The predicted molar refractivity (Wildman–Crippen MR) is 106 cm³/mol. The third kappa shape index (κ3) is 6.15. The molecule has 0 unspecified atom stereocenters. The largest absolute Gasteiger partial charge is 0.465 e. The van der Waals surface area contributed by atoms with Crippen LogP contribution in [0.2, 0.25) is 5.02 Å². The minimum absolute atomic E-state index is 0.405. The summed E-state index contributed by atoms with van der Waals surface area (Å²) in [5.74, 6) is 0.625. The molecule has 132 valence electrons. The van der Waals surface area contributed by atoms with Gasteiger partial charge in [0.05, 0.1) is 23.4 Å². The van der Waals surface area contributed by atoms with Crippen LogP contribution in [0.1, 0.15) is 42.5 Å². The standard InChI is InChI=1S/C17H23ClN2O2S2/c1-22-16(21)12-7-8-14(18)15(11-12)20-17(23)19-9-10-24-13-5-3-2-4-6-13/h7-8,11,13H,2-6,9-10H2,1H3,(H2,19,20,23). The number of halogens is 1. The van der Waals surface area contributed by atoms with Gasteiger partial charge in [0, 0.05) is 17.5 Å². The fraction of sp³-hybridized carbons (Fsp3) is 0.529. The van der Waals surface area contributed by atoms with E-state index < -0.39 is 5.97 Å². The molecule has 0 spiro atoms. The summed E-state index contributed by atoms with van der Waals surface area (Å²) in [7, 11) is 1.35. The van der Waals surface area contributed by atoms with E-state index in [-0.39, 0.29) is 0 Å². The monoisotopic (exact) mass is 386 g/mol. The highest BCUT2D eigenvalue weighted by atomic mass is 35.5. The van der Waals surface area contributed by atoms with E-state index in [1.807, 2.05) is 11.8 Å². The molecule has 1 aromatic carbocycles. The maximum Gasteiger partial charge on any atom is 0.337 e. The summed E-state index contributed by atoms with van der Waals surface area (Å²) in [4.78, 5) is 11.6. The predicted octanol–water partition coefficient (Wildman–Crippen LogP) is 4.48. The van der Waals surface area contributed by atoms with Gasteiger partial charge in [-0.2, -0.15) is 11.8 Å². The van der Waals surface area contributed by atoms with Gasteiger partial charge in [0.1, 0.15) is 0 Å². The van der Waals surface area contributed by atoms with Crippen LogP contribution >= 0.6 is 35.6 Å². The quantitative estimate of drug-likeness (QED) is 0.427. The number of hydrogen-bond donors (Lipinski definition) is 2. The summed E-state index contributed by atoms with van der Waals surface area (Å²) in [5.41, 5.74) is 1.03. The molecule has 1 aliphatic carbocycles. The van der Waals surface area contributed by atoms with Crippen molar-refractivity contribution in [2.45, 2.75) is 37.4 Å². The van der Waals surface area contributed by atoms with Crippen molar-refractivity contribution in [2.75, 3.05) is 24.7 Å². The van der Waals surface area contributed by atoms with Gasteiger partial charge in [-0.1, -0.05) is 30.9 Å². The molecule has 1 aliphatic rings. The Balaban J connectivity index is 1.76. The Bertz CT molecular complexity index is 578. The van der Waals surface area contributed by atoms with Crippen molar-refractivity contribution in [3.05, 3.63) is 28.8 Å². The van der Waals surface area contributed by atoms with Gasteiger partial charge in [-0.3, -0.25) is 0 Å². The zero-order chi connectivity index (χ0) is 17.4. The first-order valence-corrected chi connectivity index (χ1v) is 9.98. The number of hydrogen-bond acceptors (Lipinski definition) is 4. The minimum Gasteiger partial charge on any atom is -0.465 e. The maximum absolute atomic E-state index is 11.6. The molecule has 0 aromatic heterocycles. The van der Waals surface area contributed by atoms with Gasteiger partial charge in [0.15, 0.2) is 5.11 Å². The van der Waals surface area contributed by atoms with Crippen molar-refractivity contribution in [3.63, 3.8) is 0 Å². The maximum atomic E-state index is 11.6. The van der Waals surface area contributed by atoms with Crippen LogP contribution in [0, 0.1) is 0 Å². The lowest BCUT2D eigenvalue weighted by Gasteiger charge is -2.21. The van der Waals surface area contributed by atoms with Gasteiger partial charge in [0.25, 0.3) is 0 Å². The summed E-state index contributed by atoms with van der Waals surface area (Å²) in [6.45, 7) is 0.807. The average molecular weight is 387 g/mol. The van der Waals surface area contributed by atoms with Crippen molar-refractivity contribution in [1.29, 1.82) is 0 Å². The Labute approximate surface area is 158 Å². The van der Waals surface area contributed by atoms with Gasteiger partial charge < -0.3 is 15.4 Å². The van der Waals surface area contributed by atoms with Crippen molar-refractivity contribution in [3.8, 4) is 0 Å². The third-order valence-electron chi connectivity index (χ3n) is 3.93. The number of rotatable bonds is 6. The molecule has 0 radical (unpaired) electrons. The first-order valence-electron chi connectivity index (χ1n) is 8.14. The minimum atomic E-state index is -0.405. The average Bonchev–Trinajstić information content (AvgIpc) is 2.61. The SMILES string of the molecule is COC(=O)c1ccc(Cl)c(NC(=S)NCCSC2CCCCC2)c1. The lowest BCUT2D eigenvalue weighted by molar-refractivity contribution is 0.0601. The molecule has 0 amide bonds. The Hall–Kier alpha value is -0.980. The zero-order valence-corrected chi connectivity index (χ0v) is 16.2. The number of thioether (sulfide) groups is 1. The van der Waals surface area contributed by atoms with E-state index in [4.69, 9.17) is 28.6 Å². The van der Waals surface area contributed by atoms with E-state index in [2.05, 4.69) is 10.6 Å². The first-order chi connectivity index (χ1) is 11.6. The zero-order valence-electron chi connectivity index (χ0n) is 13.8. The Morgan fingerprint density at radius 1 is 1.38 bits per heavy atom. The summed E-state index contributed by atoms with van der Waals surface area (Å²) in [6, 6.07) is 4.91. The molecule has 7 heteroatoms. The molecule has 1 aromatic rings. The molecule has 4 nitrogen and oxygen atoms in total. The van der Waals surface area contributed by atoms with Crippen LogP contribution in [0.25, 0.3) is 0 Å². The number of nitrogens with one attached hydrogen (secondary N) is 2. The molecule has 0 atom stereocenters.